The normalized spacial score (nSPS) is 33.8. The maximum Gasteiger partial charge on any atom is 0.238 e. The van der Waals surface area contributed by atoms with Crippen LogP contribution in [0.2, 0.25) is 0 Å². The summed E-state index contributed by atoms with van der Waals surface area (Å²) in [4.78, 5) is 64.5. The zero-order chi connectivity index (χ0) is 29.7. The van der Waals surface area contributed by atoms with Crippen molar-refractivity contribution < 1.29 is 19.2 Å². The number of aliphatic imine (C=N–C) groups is 2. The fourth-order valence-corrected chi connectivity index (χ4v) is 8.57. The van der Waals surface area contributed by atoms with E-state index in [1.54, 1.807) is 24.3 Å². The van der Waals surface area contributed by atoms with Crippen LogP contribution in [-0.2, 0) is 19.2 Å². The lowest BCUT2D eigenvalue weighted by Gasteiger charge is -2.17. The molecule has 0 N–H and O–H groups in total. The highest BCUT2D eigenvalue weighted by atomic mass is 16.2. The minimum absolute atomic E-state index is 0.0832. The van der Waals surface area contributed by atoms with Gasteiger partial charge in [0.1, 0.15) is 0 Å². The smallest absolute Gasteiger partial charge is 0.238 e. The van der Waals surface area contributed by atoms with Gasteiger partial charge in [0, 0.05) is 0 Å². The summed E-state index contributed by atoms with van der Waals surface area (Å²) in [6.07, 6.45) is 17.7. The number of anilines is 2. The summed E-state index contributed by atoms with van der Waals surface area (Å²) < 4.78 is 0. The Balaban J connectivity index is 0.864. The highest BCUT2D eigenvalue weighted by molar-refractivity contribution is 6.24. The minimum Gasteiger partial charge on any atom is -0.274 e. The summed E-state index contributed by atoms with van der Waals surface area (Å²) in [6.45, 7) is 0. The molecule has 2 aromatic carbocycles. The SMILES string of the molecule is O=C1C2C3C=CC(C3)C2C(=O)N1c1ccc(N=C2C=CC(=Nc3ccc(N4C(=O)C5C6C=CC(C6)C5C4=O)cc3)C=C2)cc1. The molecule has 4 fully saturated rings. The van der Waals surface area contributed by atoms with Gasteiger partial charge < -0.3 is 0 Å². The Morgan fingerprint density at radius 2 is 0.750 bits per heavy atom. The van der Waals surface area contributed by atoms with Gasteiger partial charge in [0.05, 0.1) is 57.8 Å². The lowest BCUT2D eigenvalue weighted by Crippen LogP contribution is -2.32. The summed E-state index contributed by atoms with van der Waals surface area (Å²) >= 11 is 0. The van der Waals surface area contributed by atoms with Gasteiger partial charge in [0.25, 0.3) is 0 Å². The first-order chi connectivity index (χ1) is 21.4. The largest absolute Gasteiger partial charge is 0.274 e. The van der Waals surface area contributed by atoms with Crippen LogP contribution in [0.15, 0.2) is 107 Å². The van der Waals surface area contributed by atoms with E-state index in [1.807, 2.05) is 48.6 Å². The van der Waals surface area contributed by atoms with Gasteiger partial charge in [-0.2, -0.15) is 0 Å². The first-order valence-electron chi connectivity index (χ1n) is 15.3. The van der Waals surface area contributed by atoms with Crippen LogP contribution in [0.1, 0.15) is 12.8 Å². The van der Waals surface area contributed by atoms with Gasteiger partial charge in [-0.3, -0.25) is 29.0 Å². The zero-order valence-corrected chi connectivity index (χ0v) is 23.7. The number of benzene rings is 2. The molecule has 8 atom stereocenters. The quantitative estimate of drug-likeness (QED) is 0.279. The van der Waals surface area contributed by atoms with E-state index < -0.39 is 0 Å². The first kappa shape index (κ1) is 25.5. The van der Waals surface area contributed by atoms with Crippen LogP contribution >= 0.6 is 0 Å². The molecule has 2 saturated carbocycles. The van der Waals surface area contributed by atoms with Gasteiger partial charge in [-0.1, -0.05) is 24.3 Å². The lowest BCUT2D eigenvalue weighted by molar-refractivity contribution is -0.124. The molecule has 8 unspecified atom stereocenters. The Morgan fingerprint density at radius 1 is 0.455 bits per heavy atom. The molecule has 0 spiro atoms. The first-order valence-corrected chi connectivity index (χ1v) is 15.3. The van der Waals surface area contributed by atoms with Crippen LogP contribution in [0.3, 0.4) is 0 Å². The van der Waals surface area contributed by atoms with Gasteiger partial charge in [0.2, 0.25) is 23.6 Å². The Bertz CT molecular complexity index is 1640. The van der Waals surface area contributed by atoms with Crippen molar-refractivity contribution in [3.8, 4) is 0 Å². The van der Waals surface area contributed by atoms with Gasteiger partial charge in [-0.25, -0.2) is 9.98 Å². The summed E-state index contributed by atoms with van der Waals surface area (Å²) in [5.74, 6) is -0.431. The topological polar surface area (TPSA) is 99.5 Å². The molecule has 44 heavy (non-hydrogen) atoms. The number of allylic oxidation sites excluding steroid dienone is 8. The number of carbonyl (C=O) groups excluding carboxylic acids is 4. The van der Waals surface area contributed by atoms with Crippen molar-refractivity contribution in [3.05, 3.63) is 97.1 Å². The maximum absolute atomic E-state index is 13.1. The molecule has 216 valence electrons. The zero-order valence-electron chi connectivity index (χ0n) is 23.7. The molecule has 8 nitrogen and oxygen atoms in total. The Hall–Kier alpha value is -4.98. The maximum atomic E-state index is 13.1. The number of fused-ring (bicyclic) bond motifs is 10. The Kier molecular flexibility index (Phi) is 5.37. The molecule has 8 heteroatoms. The number of hydrogen-bond acceptors (Lipinski definition) is 6. The van der Waals surface area contributed by atoms with E-state index in [2.05, 4.69) is 34.3 Å². The number of carbonyl (C=O) groups is 4. The number of nitrogens with zero attached hydrogens (tertiary/aromatic N) is 4. The number of hydrogen-bond donors (Lipinski definition) is 0. The fourth-order valence-electron chi connectivity index (χ4n) is 8.57. The number of rotatable bonds is 4. The summed E-state index contributed by atoms with van der Waals surface area (Å²) in [5, 5.41) is 0. The van der Waals surface area contributed by atoms with Crippen LogP contribution in [0.5, 0.6) is 0 Å². The third kappa shape index (κ3) is 3.63. The van der Waals surface area contributed by atoms with E-state index >= 15 is 0 Å². The second-order valence-corrected chi connectivity index (χ2v) is 12.8. The number of imide groups is 2. The average Bonchev–Trinajstić information content (AvgIpc) is 3.89. The van der Waals surface area contributed by atoms with Gasteiger partial charge in [0.15, 0.2) is 0 Å². The van der Waals surface area contributed by atoms with Crippen LogP contribution in [-0.4, -0.2) is 35.1 Å². The second-order valence-electron chi connectivity index (χ2n) is 12.8. The molecule has 4 bridgehead atoms. The molecule has 5 aliphatic carbocycles. The van der Waals surface area contributed by atoms with E-state index in [9.17, 15) is 19.2 Å². The monoisotopic (exact) mass is 580 g/mol. The Morgan fingerprint density at radius 3 is 1.05 bits per heavy atom. The van der Waals surface area contributed by atoms with Gasteiger partial charge in [-0.15, -0.1) is 0 Å². The highest BCUT2D eigenvalue weighted by Gasteiger charge is 2.60. The fraction of sp³-hybridized carbons (Fsp3) is 0.278. The van der Waals surface area contributed by atoms with Gasteiger partial charge >= 0.3 is 0 Å². The van der Waals surface area contributed by atoms with Crippen LogP contribution in [0.4, 0.5) is 22.7 Å². The van der Waals surface area contributed by atoms with Crippen molar-refractivity contribution in [2.24, 2.45) is 57.3 Å². The molecule has 0 radical (unpaired) electrons. The summed E-state index contributed by atoms with van der Waals surface area (Å²) in [5.41, 5.74) is 4.12. The van der Waals surface area contributed by atoms with Crippen molar-refractivity contribution in [2.75, 3.05) is 9.80 Å². The van der Waals surface area contributed by atoms with E-state index in [1.165, 1.54) is 9.80 Å². The summed E-state index contributed by atoms with van der Waals surface area (Å²) in [6, 6.07) is 14.4. The molecule has 2 heterocycles. The predicted molar refractivity (Wildman–Crippen MR) is 166 cm³/mol. The van der Waals surface area contributed by atoms with E-state index in [0.717, 1.165) is 24.3 Å². The lowest BCUT2D eigenvalue weighted by atomic mass is 9.85. The minimum atomic E-state index is -0.213. The van der Waals surface area contributed by atoms with Crippen molar-refractivity contribution >= 4 is 57.8 Å². The molecule has 0 aromatic heterocycles. The van der Waals surface area contributed by atoms with Crippen LogP contribution in [0.25, 0.3) is 0 Å². The highest BCUT2D eigenvalue weighted by Crippen LogP contribution is 2.54. The summed E-state index contributed by atoms with van der Waals surface area (Å²) in [7, 11) is 0. The van der Waals surface area contributed by atoms with Crippen LogP contribution < -0.4 is 9.80 Å². The third-order valence-corrected chi connectivity index (χ3v) is 10.5. The van der Waals surface area contributed by atoms with Crippen molar-refractivity contribution in [2.45, 2.75) is 12.8 Å². The van der Waals surface area contributed by atoms with Crippen molar-refractivity contribution in [3.63, 3.8) is 0 Å². The standard InChI is InChI=1S/C36H28N4O4/c41-33-29-19-1-2-20(17-19)30(29)34(42)39(33)27-13-9-25(10-14-27)37-23-5-7-24(8-6-23)38-26-11-15-28(16-12-26)40-35(43)31-21-3-4-22(18-21)32(31)36(40)44/h1-16,19-22,29-32H,17-18H2. The number of amides is 4. The average molecular weight is 581 g/mol. The van der Waals surface area contributed by atoms with Gasteiger partial charge in [-0.05, 0) is 109 Å². The Labute approximate surface area is 253 Å². The van der Waals surface area contributed by atoms with Crippen molar-refractivity contribution in [1.29, 1.82) is 0 Å². The molecule has 2 aliphatic heterocycles. The molecule has 7 aliphatic rings. The second kappa shape index (κ2) is 9.26. The molecular weight excluding hydrogens is 552 g/mol. The predicted octanol–water partition coefficient (Wildman–Crippen LogP) is 5.28. The molecule has 2 aromatic rings. The molecule has 4 amide bonds. The van der Waals surface area contributed by atoms with E-state index in [4.69, 9.17) is 0 Å². The van der Waals surface area contributed by atoms with Crippen LogP contribution in [0, 0.1) is 47.3 Å². The molecule has 9 rings (SSSR count). The van der Waals surface area contributed by atoms with Crippen molar-refractivity contribution in [1.82, 2.24) is 0 Å². The van der Waals surface area contributed by atoms with E-state index in [0.29, 0.717) is 22.7 Å². The molecular formula is C36H28N4O4. The third-order valence-electron chi connectivity index (χ3n) is 10.5. The van der Waals surface area contributed by atoms with E-state index in [-0.39, 0.29) is 71.0 Å². The molecule has 2 saturated heterocycles.